The molecule has 2 aromatic rings. The summed E-state index contributed by atoms with van der Waals surface area (Å²) in [6.45, 7) is 0. The maximum absolute atomic E-state index is 11.2. The topological polar surface area (TPSA) is 95.5 Å². The van der Waals surface area contributed by atoms with Gasteiger partial charge in [0, 0.05) is 22.6 Å². The van der Waals surface area contributed by atoms with Crippen molar-refractivity contribution in [2.24, 2.45) is 5.73 Å². The zero-order chi connectivity index (χ0) is 15.4. The molecule has 2 aromatic carbocycles. The van der Waals surface area contributed by atoms with Gasteiger partial charge in [-0.1, -0.05) is 17.8 Å². The summed E-state index contributed by atoms with van der Waals surface area (Å²) in [5, 5.41) is 11.1. The Labute approximate surface area is 125 Å². The molecule has 0 aliphatic carbocycles. The van der Waals surface area contributed by atoms with Gasteiger partial charge in [0.15, 0.2) is 0 Å². The summed E-state index contributed by atoms with van der Waals surface area (Å²) in [5.41, 5.74) is 5.55. The van der Waals surface area contributed by atoms with E-state index in [0.717, 1.165) is 0 Å². The number of amides is 1. The zero-order valence-corrected chi connectivity index (χ0v) is 11.9. The number of methoxy groups -OCH3 is 1. The van der Waals surface area contributed by atoms with Crippen LogP contribution in [0, 0.1) is 10.1 Å². The first kappa shape index (κ1) is 14.9. The average Bonchev–Trinajstić information content (AvgIpc) is 2.47. The second-order valence-electron chi connectivity index (χ2n) is 4.08. The van der Waals surface area contributed by atoms with E-state index in [4.69, 9.17) is 10.5 Å². The van der Waals surface area contributed by atoms with Crippen molar-refractivity contribution in [3.63, 3.8) is 0 Å². The highest BCUT2D eigenvalue weighted by Gasteiger charge is 2.16. The van der Waals surface area contributed by atoms with Crippen LogP contribution in [0.4, 0.5) is 5.69 Å². The van der Waals surface area contributed by atoms with Crippen molar-refractivity contribution in [2.75, 3.05) is 7.11 Å². The maximum Gasteiger partial charge on any atom is 0.283 e. The quantitative estimate of drug-likeness (QED) is 0.677. The molecule has 6 nitrogen and oxygen atoms in total. The van der Waals surface area contributed by atoms with Crippen LogP contribution < -0.4 is 10.5 Å². The van der Waals surface area contributed by atoms with Crippen LogP contribution in [0.3, 0.4) is 0 Å². The molecule has 0 atom stereocenters. The van der Waals surface area contributed by atoms with Crippen LogP contribution in [0.2, 0.25) is 0 Å². The number of nitro groups is 1. The number of primary amides is 1. The fourth-order valence-electron chi connectivity index (χ4n) is 1.69. The van der Waals surface area contributed by atoms with Crippen LogP contribution >= 0.6 is 11.8 Å². The number of rotatable bonds is 5. The Morgan fingerprint density at radius 2 is 2.05 bits per heavy atom. The third-order valence-electron chi connectivity index (χ3n) is 2.71. The van der Waals surface area contributed by atoms with Gasteiger partial charge in [0.25, 0.3) is 5.69 Å². The Morgan fingerprint density at radius 3 is 2.67 bits per heavy atom. The van der Waals surface area contributed by atoms with Crippen molar-refractivity contribution in [1.29, 1.82) is 0 Å². The second-order valence-corrected chi connectivity index (χ2v) is 5.20. The number of nitrogens with zero attached hydrogens (tertiary/aromatic N) is 1. The summed E-state index contributed by atoms with van der Waals surface area (Å²) < 4.78 is 5.08. The van der Waals surface area contributed by atoms with E-state index in [1.165, 1.54) is 31.0 Å². The molecule has 0 heterocycles. The van der Waals surface area contributed by atoms with Crippen LogP contribution in [0.15, 0.2) is 52.3 Å². The Hall–Kier alpha value is -2.54. The van der Waals surface area contributed by atoms with Crippen molar-refractivity contribution in [3.8, 4) is 5.75 Å². The summed E-state index contributed by atoms with van der Waals surface area (Å²) in [7, 11) is 1.49. The molecule has 0 aliphatic heterocycles. The predicted octanol–water partition coefficient (Wildman–Crippen LogP) is 2.85. The summed E-state index contributed by atoms with van der Waals surface area (Å²) >= 11 is 1.17. The molecular weight excluding hydrogens is 292 g/mol. The molecule has 0 bridgehead atoms. The molecule has 0 aromatic heterocycles. The molecule has 0 unspecified atom stereocenters. The standard InChI is InChI=1S/C14H12N2O4S/c1-20-10-5-6-12(16(18)19)13(8-10)21-11-4-2-3-9(7-11)14(15)17/h2-8H,1H3,(H2,15,17). The Kier molecular flexibility index (Phi) is 4.44. The van der Waals surface area contributed by atoms with E-state index in [1.54, 1.807) is 30.3 Å². The number of carbonyl (C=O) groups excluding carboxylic acids is 1. The van der Waals surface area contributed by atoms with Crippen molar-refractivity contribution in [2.45, 2.75) is 9.79 Å². The van der Waals surface area contributed by atoms with E-state index in [9.17, 15) is 14.9 Å². The minimum absolute atomic E-state index is 0.0229. The van der Waals surface area contributed by atoms with Crippen molar-refractivity contribution < 1.29 is 14.5 Å². The SMILES string of the molecule is COc1ccc([N+](=O)[O-])c(Sc2cccc(C(N)=O)c2)c1. The van der Waals surface area contributed by atoms with Gasteiger partial charge >= 0.3 is 0 Å². The van der Waals surface area contributed by atoms with Crippen LogP contribution in [0.1, 0.15) is 10.4 Å². The van der Waals surface area contributed by atoms with Crippen molar-refractivity contribution >= 4 is 23.4 Å². The van der Waals surface area contributed by atoms with E-state index < -0.39 is 10.8 Å². The van der Waals surface area contributed by atoms with Gasteiger partial charge in [0.1, 0.15) is 5.75 Å². The van der Waals surface area contributed by atoms with Gasteiger partial charge in [-0.05, 0) is 24.3 Å². The van der Waals surface area contributed by atoms with Gasteiger partial charge in [-0.25, -0.2) is 0 Å². The molecule has 108 valence electrons. The first-order valence-corrected chi connectivity index (χ1v) is 6.73. The highest BCUT2D eigenvalue weighted by Crippen LogP contribution is 2.37. The Bertz CT molecular complexity index is 703. The molecule has 0 spiro atoms. The number of hydrogen-bond donors (Lipinski definition) is 1. The fourth-order valence-corrected chi connectivity index (χ4v) is 2.70. The van der Waals surface area contributed by atoms with E-state index in [1.807, 2.05) is 0 Å². The molecule has 2 N–H and O–H groups in total. The smallest absolute Gasteiger partial charge is 0.283 e. The minimum atomic E-state index is -0.544. The molecule has 0 saturated carbocycles. The van der Waals surface area contributed by atoms with Crippen LogP contribution in [-0.4, -0.2) is 17.9 Å². The van der Waals surface area contributed by atoms with E-state index in [2.05, 4.69) is 0 Å². The first-order valence-electron chi connectivity index (χ1n) is 5.91. The molecule has 7 heteroatoms. The molecule has 1 amide bonds. The van der Waals surface area contributed by atoms with Gasteiger partial charge < -0.3 is 10.5 Å². The monoisotopic (exact) mass is 304 g/mol. The lowest BCUT2D eigenvalue weighted by molar-refractivity contribution is -0.387. The number of nitro benzene ring substituents is 1. The zero-order valence-electron chi connectivity index (χ0n) is 11.1. The van der Waals surface area contributed by atoms with Gasteiger partial charge in [0.05, 0.1) is 16.9 Å². The summed E-state index contributed by atoms with van der Waals surface area (Å²) in [6.07, 6.45) is 0. The molecular formula is C14H12N2O4S. The Morgan fingerprint density at radius 1 is 1.29 bits per heavy atom. The molecule has 0 aliphatic rings. The van der Waals surface area contributed by atoms with E-state index in [0.29, 0.717) is 21.1 Å². The van der Waals surface area contributed by atoms with Crippen molar-refractivity contribution in [3.05, 3.63) is 58.1 Å². The molecule has 0 radical (unpaired) electrons. The molecule has 0 saturated heterocycles. The number of nitrogens with two attached hydrogens (primary N) is 1. The largest absolute Gasteiger partial charge is 0.497 e. The van der Waals surface area contributed by atoms with Crippen molar-refractivity contribution in [1.82, 2.24) is 0 Å². The van der Waals surface area contributed by atoms with Gasteiger partial charge in [-0.2, -0.15) is 0 Å². The molecule has 21 heavy (non-hydrogen) atoms. The lowest BCUT2D eigenvalue weighted by Gasteiger charge is -2.06. The number of benzene rings is 2. The second kappa shape index (κ2) is 6.27. The van der Waals surface area contributed by atoms with Crippen LogP contribution in [-0.2, 0) is 0 Å². The lowest BCUT2D eigenvalue weighted by atomic mass is 10.2. The molecule has 0 fully saturated rings. The van der Waals surface area contributed by atoms with Crippen LogP contribution in [0.5, 0.6) is 5.75 Å². The number of hydrogen-bond acceptors (Lipinski definition) is 5. The summed E-state index contributed by atoms with van der Waals surface area (Å²) in [4.78, 5) is 22.9. The molecule has 2 rings (SSSR count). The van der Waals surface area contributed by atoms with Gasteiger partial charge in [0.2, 0.25) is 5.91 Å². The Balaban J connectivity index is 2.40. The number of carbonyl (C=O) groups is 1. The van der Waals surface area contributed by atoms with Gasteiger partial charge in [-0.15, -0.1) is 0 Å². The minimum Gasteiger partial charge on any atom is -0.497 e. The normalized spacial score (nSPS) is 10.1. The average molecular weight is 304 g/mol. The highest BCUT2D eigenvalue weighted by molar-refractivity contribution is 7.99. The highest BCUT2D eigenvalue weighted by atomic mass is 32.2. The van der Waals surface area contributed by atoms with Crippen LogP contribution in [0.25, 0.3) is 0 Å². The van der Waals surface area contributed by atoms with E-state index in [-0.39, 0.29) is 5.69 Å². The van der Waals surface area contributed by atoms with Gasteiger partial charge in [-0.3, -0.25) is 14.9 Å². The third-order valence-corrected chi connectivity index (χ3v) is 3.75. The summed E-state index contributed by atoms with van der Waals surface area (Å²) in [6, 6.07) is 11.1. The third kappa shape index (κ3) is 3.51. The number of ether oxygens (including phenoxy) is 1. The summed E-state index contributed by atoms with van der Waals surface area (Å²) in [5.74, 6) is -0.0215. The van der Waals surface area contributed by atoms with E-state index >= 15 is 0 Å². The predicted molar refractivity (Wildman–Crippen MR) is 78.7 cm³/mol. The first-order chi connectivity index (χ1) is 10.0. The maximum atomic E-state index is 11.2. The fraction of sp³-hybridized carbons (Fsp3) is 0.0714. The lowest BCUT2D eigenvalue weighted by Crippen LogP contribution is -2.10.